The van der Waals surface area contributed by atoms with Gasteiger partial charge >= 0.3 is 0 Å². The number of aromatic nitrogens is 2. The molecule has 0 saturated heterocycles. The predicted molar refractivity (Wildman–Crippen MR) is 130 cm³/mol. The van der Waals surface area contributed by atoms with E-state index in [-0.39, 0.29) is 5.82 Å². The smallest absolute Gasteiger partial charge is 0.258 e. The van der Waals surface area contributed by atoms with Crippen LogP contribution in [0.4, 0.5) is 4.39 Å². The predicted octanol–water partition coefficient (Wildman–Crippen LogP) is 5.62. The Kier molecular flexibility index (Phi) is 7.37. The van der Waals surface area contributed by atoms with Gasteiger partial charge in [-0.15, -0.1) is 0 Å². The van der Waals surface area contributed by atoms with E-state index >= 15 is 0 Å². The molecule has 1 aromatic heterocycles. The van der Waals surface area contributed by atoms with Crippen LogP contribution >= 0.6 is 23.8 Å². The van der Waals surface area contributed by atoms with Crippen molar-refractivity contribution >= 4 is 34.5 Å². The van der Waals surface area contributed by atoms with Gasteiger partial charge in [0.25, 0.3) is 5.89 Å². The minimum atomic E-state index is -0.441. The molecule has 1 atom stereocenters. The highest BCUT2D eigenvalue weighted by Crippen LogP contribution is 2.37. The summed E-state index contributed by atoms with van der Waals surface area (Å²) in [5.74, 6) is 0.421. The highest BCUT2D eigenvalue weighted by atomic mass is 35.5. The van der Waals surface area contributed by atoms with Gasteiger partial charge in [-0.1, -0.05) is 41.0 Å². The monoisotopic (exact) mass is 486 g/mol. The quantitative estimate of drug-likeness (QED) is 0.327. The van der Waals surface area contributed by atoms with Crippen molar-refractivity contribution in [3.63, 3.8) is 0 Å². The van der Waals surface area contributed by atoms with E-state index in [1.807, 2.05) is 36.9 Å². The number of hydrogen-bond acceptors (Lipinski definition) is 5. The molecule has 33 heavy (non-hydrogen) atoms. The molecule has 1 unspecified atom stereocenters. The fourth-order valence-corrected chi connectivity index (χ4v) is 4.35. The maximum atomic E-state index is 14.1. The van der Waals surface area contributed by atoms with Crippen molar-refractivity contribution in [3.05, 3.63) is 76.5 Å². The van der Waals surface area contributed by atoms with Crippen molar-refractivity contribution in [2.75, 3.05) is 19.8 Å². The van der Waals surface area contributed by atoms with Crippen molar-refractivity contribution in [1.82, 2.24) is 20.4 Å². The van der Waals surface area contributed by atoms with Crippen molar-refractivity contribution in [2.24, 2.45) is 0 Å². The maximum absolute atomic E-state index is 14.1. The second-order valence-corrected chi connectivity index (χ2v) is 8.40. The largest absolute Gasteiger partial charge is 0.382 e. The third-order valence-corrected chi connectivity index (χ3v) is 5.97. The number of thiocarbonyl (C=S) groups is 1. The average molecular weight is 487 g/mol. The van der Waals surface area contributed by atoms with Crippen molar-refractivity contribution in [3.8, 4) is 11.4 Å². The summed E-state index contributed by atoms with van der Waals surface area (Å²) in [6.45, 7) is 5.88. The van der Waals surface area contributed by atoms with Crippen LogP contribution < -0.4 is 5.32 Å². The third-order valence-electron chi connectivity index (χ3n) is 5.39. The molecule has 2 aromatic carbocycles. The highest BCUT2D eigenvalue weighted by Gasteiger charge is 2.34. The van der Waals surface area contributed by atoms with Gasteiger partial charge < -0.3 is 19.5 Å². The number of nitrogens with one attached hydrogen (secondary N) is 1. The Labute approximate surface area is 202 Å². The van der Waals surface area contributed by atoms with E-state index in [1.165, 1.54) is 12.1 Å². The topological polar surface area (TPSA) is 63.4 Å². The summed E-state index contributed by atoms with van der Waals surface area (Å²) in [5, 5.41) is 8.63. The van der Waals surface area contributed by atoms with Crippen LogP contribution in [-0.4, -0.2) is 39.9 Å². The first kappa shape index (κ1) is 23.4. The fraction of sp³-hybridized carbons (Fsp3) is 0.292. The Morgan fingerprint density at radius 1 is 1.24 bits per heavy atom. The second-order valence-electron chi connectivity index (χ2n) is 7.57. The van der Waals surface area contributed by atoms with Gasteiger partial charge in [0, 0.05) is 36.0 Å². The first-order valence-electron chi connectivity index (χ1n) is 10.7. The van der Waals surface area contributed by atoms with E-state index in [0.29, 0.717) is 47.2 Å². The number of hydrogen-bond donors (Lipinski definition) is 1. The van der Waals surface area contributed by atoms with Crippen LogP contribution in [0, 0.1) is 5.82 Å². The summed E-state index contributed by atoms with van der Waals surface area (Å²) in [4.78, 5) is 6.63. The van der Waals surface area contributed by atoms with Crippen molar-refractivity contribution in [1.29, 1.82) is 0 Å². The van der Waals surface area contributed by atoms with Crippen LogP contribution in [0.1, 0.15) is 37.8 Å². The summed E-state index contributed by atoms with van der Waals surface area (Å²) in [7, 11) is 0. The van der Waals surface area contributed by atoms with E-state index in [4.69, 9.17) is 33.1 Å². The number of halogens is 2. The van der Waals surface area contributed by atoms with E-state index in [2.05, 4.69) is 15.5 Å². The van der Waals surface area contributed by atoms with Gasteiger partial charge in [-0.3, -0.25) is 0 Å². The van der Waals surface area contributed by atoms with Gasteiger partial charge in [0.2, 0.25) is 5.82 Å². The van der Waals surface area contributed by atoms with E-state index in [9.17, 15) is 4.39 Å². The number of ether oxygens (including phenoxy) is 1. The Bertz CT molecular complexity index is 1180. The molecular weight excluding hydrogens is 463 g/mol. The fourth-order valence-electron chi connectivity index (χ4n) is 3.81. The Hall–Kier alpha value is -2.81. The molecule has 1 aliphatic heterocycles. The molecule has 0 aliphatic carbocycles. The molecule has 0 fully saturated rings. The van der Waals surface area contributed by atoms with Gasteiger partial charge in [-0.05, 0) is 62.3 Å². The first-order chi connectivity index (χ1) is 16.0. The maximum Gasteiger partial charge on any atom is 0.258 e. The zero-order valence-electron chi connectivity index (χ0n) is 18.3. The molecule has 2 heterocycles. The molecule has 9 heteroatoms. The van der Waals surface area contributed by atoms with Crippen molar-refractivity contribution in [2.45, 2.75) is 26.3 Å². The molecule has 0 radical (unpaired) electrons. The van der Waals surface area contributed by atoms with Crippen LogP contribution in [0.5, 0.6) is 0 Å². The molecule has 0 spiro atoms. The molecule has 0 bridgehead atoms. The van der Waals surface area contributed by atoms with Gasteiger partial charge in [0.15, 0.2) is 5.11 Å². The van der Waals surface area contributed by atoms with Crippen molar-refractivity contribution < 1.29 is 13.7 Å². The molecule has 3 aromatic rings. The number of allylic oxidation sites excluding steroid dienone is 1. The summed E-state index contributed by atoms with van der Waals surface area (Å²) in [6.07, 6.45) is 0.794. The van der Waals surface area contributed by atoms with Crippen LogP contribution in [0.3, 0.4) is 0 Å². The molecule has 0 amide bonds. The first-order valence-corrected chi connectivity index (χ1v) is 11.5. The van der Waals surface area contributed by atoms with Gasteiger partial charge in [-0.2, -0.15) is 4.98 Å². The summed E-state index contributed by atoms with van der Waals surface area (Å²) >= 11 is 11.8. The average Bonchev–Trinajstić information content (AvgIpc) is 3.28. The van der Waals surface area contributed by atoms with E-state index in [0.717, 1.165) is 23.3 Å². The van der Waals surface area contributed by atoms with Gasteiger partial charge in [0.1, 0.15) is 5.82 Å². The SMILES string of the molecule is CCOCCCN1C(=S)NC(c2cccc(F)c2)C(c2nc(-c3cccc(Cl)c3)no2)=C1C. The molecular formula is C24H24ClFN4O2S. The van der Waals surface area contributed by atoms with E-state index < -0.39 is 6.04 Å². The lowest BCUT2D eigenvalue weighted by atomic mass is 9.94. The normalized spacial score (nSPS) is 16.3. The van der Waals surface area contributed by atoms with Crippen LogP contribution in [0.25, 0.3) is 17.0 Å². The number of rotatable bonds is 8. The Morgan fingerprint density at radius 2 is 2.06 bits per heavy atom. The summed E-state index contributed by atoms with van der Waals surface area (Å²) in [6, 6.07) is 13.2. The highest BCUT2D eigenvalue weighted by molar-refractivity contribution is 7.80. The van der Waals surface area contributed by atoms with Gasteiger partial charge in [0.05, 0.1) is 11.6 Å². The molecule has 172 valence electrons. The zero-order valence-corrected chi connectivity index (χ0v) is 19.9. The number of benzene rings is 2. The van der Waals surface area contributed by atoms with Crippen LogP contribution in [0.15, 0.2) is 58.8 Å². The Morgan fingerprint density at radius 3 is 2.82 bits per heavy atom. The minimum absolute atomic E-state index is 0.332. The molecule has 6 nitrogen and oxygen atoms in total. The summed E-state index contributed by atoms with van der Waals surface area (Å²) < 4.78 is 25.2. The lowest BCUT2D eigenvalue weighted by molar-refractivity contribution is 0.141. The third kappa shape index (κ3) is 5.24. The van der Waals surface area contributed by atoms with Gasteiger partial charge in [-0.25, -0.2) is 4.39 Å². The lowest BCUT2D eigenvalue weighted by Crippen LogP contribution is -2.46. The van der Waals surface area contributed by atoms with Crippen LogP contribution in [-0.2, 0) is 4.74 Å². The molecule has 4 rings (SSSR count). The zero-order chi connectivity index (χ0) is 23.4. The summed E-state index contributed by atoms with van der Waals surface area (Å²) in [5.41, 5.74) is 3.06. The number of nitrogens with zero attached hydrogens (tertiary/aromatic N) is 3. The van der Waals surface area contributed by atoms with E-state index in [1.54, 1.807) is 18.2 Å². The molecule has 0 saturated carbocycles. The minimum Gasteiger partial charge on any atom is -0.382 e. The standard InChI is InChI=1S/C24H24ClFN4O2S/c1-3-31-12-6-11-30-15(2)20(21(27-24(30)33)16-7-5-10-19(26)14-16)23-28-22(29-32-23)17-8-4-9-18(25)13-17/h4-5,7-10,13-14,21H,3,6,11-12H2,1-2H3,(H,27,33). The molecule has 1 aliphatic rings. The lowest BCUT2D eigenvalue weighted by Gasteiger charge is -2.37. The van der Waals surface area contributed by atoms with Crippen LogP contribution in [0.2, 0.25) is 5.02 Å². The Balaban J connectivity index is 1.75. The second kappa shape index (κ2) is 10.4. The molecule has 1 N–H and O–H groups in total.